The van der Waals surface area contributed by atoms with Crippen molar-refractivity contribution in [1.82, 2.24) is 24.8 Å². The van der Waals surface area contributed by atoms with E-state index in [-0.39, 0.29) is 43.0 Å². The molecule has 0 bridgehead atoms. The molecule has 0 radical (unpaired) electrons. The maximum Gasteiger partial charge on any atom is 0.272 e. The van der Waals surface area contributed by atoms with E-state index >= 15 is 0 Å². The molecule has 200 valence electrons. The maximum absolute atomic E-state index is 12.8. The number of aryl methyl sites for hydroxylation is 2. The molecule has 0 fully saturated rings. The first-order chi connectivity index (χ1) is 16.6. The van der Waals surface area contributed by atoms with E-state index in [4.69, 9.17) is 5.21 Å². The van der Waals surface area contributed by atoms with Gasteiger partial charge in [-0.25, -0.2) is 5.48 Å². The van der Waals surface area contributed by atoms with E-state index in [9.17, 15) is 19.2 Å². The van der Waals surface area contributed by atoms with Gasteiger partial charge in [0, 0.05) is 45.9 Å². The zero-order chi connectivity index (χ0) is 26.0. The fourth-order valence-electron chi connectivity index (χ4n) is 3.45. The number of nitrogens with one attached hydrogen (secondary N) is 4. The van der Waals surface area contributed by atoms with E-state index in [0.717, 1.165) is 13.0 Å². The van der Waals surface area contributed by atoms with Crippen molar-refractivity contribution in [2.24, 2.45) is 14.1 Å². The minimum atomic E-state index is -0.490. The Balaban J connectivity index is 0.00000648. The second-order valence-electron chi connectivity index (χ2n) is 8.61. The summed E-state index contributed by atoms with van der Waals surface area (Å²) in [6.45, 7) is 1.43. The second kappa shape index (κ2) is 14.9. The van der Waals surface area contributed by atoms with E-state index < -0.39 is 5.91 Å². The van der Waals surface area contributed by atoms with Crippen LogP contribution in [0.2, 0.25) is 0 Å². The third-order valence-electron chi connectivity index (χ3n) is 5.27. The molecule has 2 heterocycles. The Morgan fingerprint density at radius 2 is 1.36 bits per heavy atom. The van der Waals surface area contributed by atoms with Crippen LogP contribution in [0.15, 0.2) is 24.5 Å². The lowest BCUT2D eigenvalue weighted by atomic mass is 10.2. The summed E-state index contributed by atoms with van der Waals surface area (Å²) >= 11 is 0. The number of hydroxylamine groups is 1. The standard InChI is InChI=1S/C23H35N7O5.ClH/c1-28(2)11-7-10-24-22(33)18-13-17(15-29(18)3)26-23(34)19-12-16(14-30(19)4)25-20(31)8-5-6-9-21(32)27-35;/h12-15,35H,5-11H2,1-4H3,(H,24,33)(H,25,31)(H,26,34)(H,27,32);1H. The first kappa shape index (κ1) is 30.7. The van der Waals surface area contributed by atoms with Crippen molar-refractivity contribution in [3.8, 4) is 0 Å². The number of carbonyl (C=O) groups is 4. The summed E-state index contributed by atoms with van der Waals surface area (Å²) < 4.78 is 3.25. The molecular formula is C23H36ClN7O5. The van der Waals surface area contributed by atoms with E-state index in [2.05, 4.69) is 16.0 Å². The van der Waals surface area contributed by atoms with E-state index in [1.807, 2.05) is 19.0 Å². The second-order valence-corrected chi connectivity index (χ2v) is 8.61. The molecule has 0 saturated heterocycles. The van der Waals surface area contributed by atoms with Crippen LogP contribution in [-0.4, -0.2) is 70.1 Å². The lowest BCUT2D eigenvalue weighted by Gasteiger charge is -2.10. The van der Waals surface area contributed by atoms with Crippen molar-refractivity contribution in [1.29, 1.82) is 0 Å². The highest BCUT2D eigenvalue weighted by atomic mass is 35.5. The third kappa shape index (κ3) is 9.72. The molecule has 0 spiro atoms. The van der Waals surface area contributed by atoms with Crippen LogP contribution in [0, 0.1) is 0 Å². The summed E-state index contributed by atoms with van der Waals surface area (Å²) in [5, 5.41) is 16.9. The van der Waals surface area contributed by atoms with Gasteiger partial charge in [0.05, 0.1) is 11.4 Å². The molecule has 12 nitrogen and oxygen atoms in total. The fourth-order valence-corrected chi connectivity index (χ4v) is 3.45. The lowest BCUT2D eigenvalue weighted by molar-refractivity contribution is -0.129. The van der Waals surface area contributed by atoms with E-state index in [0.29, 0.717) is 42.1 Å². The highest BCUT2D eigenvalue weighted by Crippen LogP contribution is 2.18. The Morgan fingerprint density at radius 3 is 1.92 bits per heavy atom. The van der Waals surface area contributed by atoms with Crippen LogP contribution >= 0.6 is 12.4 Å². The molecular weight excluding hydrogens is 490 g/mol. The van der Waals surface area contributed by atoms with Crippen LogP contribution in [0.1, 0.15) is 53.1 Å². The maximum atomic E-state index is 12.8. The third-order valence-corrected chi connectivity index (χ3v) is 5.27. The fraction of sp³-hybridized carbons (Fsp3) is 0.478. The van der Waals surface area contributed by atoms with Gasteiger partial charge in [0.1, 0.15) is 11.4 Å². The van der Waals surface area contributed by atoms with Crippen molar-refractivity contribution < 1.29 is 24.4 Å². The minimum Gasteiger partial charge on any atom is -0.351 e. The molecule has 2 aromatic rings. The van der Waals surface area contributed by atoms with Crippen molar-refractivity contribution in [3.63, 3.8) is 0 Å². The van der Waals surface area contributed by atoms with Gasteiger partial charge >= 0.3 is 0 Å². The number of anilines is 2. The average Bonchev–Trinajstić information content (AvgIpc) is 3.35. The Hall–Kier alpha value is -3.35. The van der Waals surface area contributed by atoms with Crippen LogP contribution in [0.3, 0.4) is 0 Å². The van der Waals surface area contributed by atoms with Crippen LogP contribution in [0.25, 0.3) is 0 Å². The van der Waals surface area contributed by atoms with Crippen LogP contribution in [0.5, 0.6) is 0 Å². The minimum absolute atomic E-state index is 0. The number of rotatable bonds is 13. The smallest absolute Gasteiger partial charge is 0.272 e. The summed E-state index contributed by atoms with van der Waals surface area (Å²) in [5.41, 5.74) is 3.27. The molecule has 0 aliphatic rings. The monoisotopic (exact) mass is 525 g/mol. The number of nitrogens with zero attached hydrogens (tertiary/aromatic N) is 3. The van der Waals surface area contributed by atoms with E-state index in [1.165, 1.54) is 0 Å². The Kier molecular flexibility index (Phi) is 12.7. The summed E-state index contributed by atoms with van der Waals surface area (Å²) in [4.78, 5) is 50.4. The summed E-state index contributed by atoms with van der Waals surface area (Å²) in [5.74, 6) is -1.33. The van der Waals surface area contributed by atoms with Gasteiger partial charge < -0.3 is 30.0 Å². The predicted octanol–water partition coefficient (Wildman–Crippen LogP) is 1.72. The summed E-state index contributed by atoms with van der Waals surface area (Å²) in [6.07, 6.45) is 5.42. The molecule has 13 heteroatoms. The molecule has 5 N–H and O–H groups in total. The molecule has 0 unspecified atom stereocenters. The number of carbonyl (C=O) groups excluding carboxylic acids is 4. The van der Waals surface area contributed by atoms with Crippen molar-refractivity contribution in [2.75, 3.05) is 37.8 Å². The lowest BCUT2D eigenvalue weighted by Crippen LogP contribution is -2.28. The average molecular weight is 526 g/mol. The normalized spacial score (nSPS) is 10.5. The van der Waals surface area contributed by atoms with Gasteiger partial charge in [-0.15, -0.1) is 12.4 Å². The number of hydrogen-bond donors (Lipinski definition) is 5. The molecule has 4 amide bonds. The number of aromatic nitrogens is 2. The summed E-state index contributed by atoms with van der Waals surface area (Å²) in [7, 11) is 7.37. The molecule has 0 aliphatic carbocycles. The number of halogens is 1. The molecule has 0 aromatic carbocycles. The largest absolute Gasteiger partial charge is 0.351 e. The predicted molar refractivity (Wildman–Crippen MR) is 139 cm³/mol. The molecule has 2 aromatic heterocycles. The van der Waals surface area contributed by atoms with Gasteiger partial charge in [-0.2, -0.15) is 0 Å². The highest BCUT2D eigenvalue weighted by Gasteiger charge is 2.17. The number of hydrogen-bond acceptors (Lipinski definition) is 6. The van der Waals surface area contributed by atoms with Crippen LogP contribution in [0.4, 0.5) is 11.4 Å². The van der Waals surface area contributed by atoms with Gasteiger partial charge in [-0.05, 0) is 52.0 Å². The van der Waals surface area contributed by atoms with Crippen LogP contribution in [-0.2, 0) is 23.7 Å². The zero-order valence-electron chi connectivity index (χ0n) is 21.1. The van der Waals surface area contributed by atoms with Gasteiger partial charge in [0.2, 0.25) is 11.8 Å². The quantitative estimate of drug-likeness (QED) is 0.153. The Morgan fingerprint density at radius 1 is 0.833 bits per heavy atom. The van der Waals surface area contributed by atoms with Crippen molar-refractivity contribution in [2.45, 2.75) is 32.1 Å². The molecule has 36 heavy (non-hydrogen) atoms. The number of amides is 4. The van der Waals surface area contributed by atoms with Gasteiger partial charge in [-0.1, -0.05) is 0 Å². The SMILES string of the molecule is CN(C)CCCNC(=O)c1cc(NC(=O)c2cc(NC(=O)CCCCC(=O)NO)cn2C)cn1C.Cl. The topological polar surface area (TPSA) is 150 Å². The Bertz CT molecular complexity index is 1050. The van der Waals surface area contributed by atoms with Crippen LogP contribution < -0.4 is 21.4 Å². The number of unbranched alkanes of at least 4 members (excludes halogenated alkanes) is 1. The highest BCUT2D eigenvalue weighted by molar-refractivity contribution is 6.05. The molecule has 0 atom stereocenters. The van der Waals surface area contributed by atoms with Gasteiger partial charge in [0.25, 0.3) is 11.8 Å². The van der Waals surface area contributed by atoms with Gasteiger partial charge in [0.15, 0.2) is 0 Å². The summed E-state index contributed by atoms with van der Waals surface area (Å²) in [6, 6.07) is 3.18. The Labute approximate surface area is 216 Å². The molecule has 2 rings (SSSR count). The molecule has 0 aliphatic heterocycles. The zero-order valence-corrected chi connectivity index (χ0v) is 21.9. The first-order valence-corrected chi connectivity index (χ1v) is 11.4. The van der Waals surface area contributed by atoms with Gasteiger partial charge in [-0.3, -0.25) is 24.4 Å². The van der Waals surface area contributed by atoms with Crippen molar-refractivity contribution in [3.05, 3.63) is 35.9 Å². The van der Waals surface area contributed by atoms with E-state index in [1.54, 1.807) is 53.2 Å². The van der Waals surface area contributed by atoms with Crippen molar-refractivity contribution >= 4 is 47.4 Å². The first-order valence-electron chi connectivity index (χ1n) is 11.4. The molecule has 0 saturated carbocycles.